The van der Waals surface area contributed by atoms with Crippen LogP contribution in [0.3, 0.4) is 0 Å². The normalized spacial score (nSPS) is 11.8. The first-order valence-electron chi connectivity index (χ1n) is 4.56. The van der Waals surface area contributed by atoms with E-state index in [0.717, 1.165) is 5.56 Å². The molecule has 0 amide bonds. The number of hydrogen-bond acceptors (Lipinski definition) is 2. The Kier molecular flexibility index (Phi) is 3.92. The van der Waals surface area contributed by atoms with Crippen LogP contribution in [0.15, 0.2) is 43.0 Å². The highest BCUT2D eigenvalue weighted by Gasteiger charge is 2.07. The second kappa shape index (κ2) is 5.22. The molecule has 0 saturated heterocycles. The van der Waals surface area contributed by atoms with Crippen LogP contribution in [0.2, 0.25) is 0 Å². The Hall–Kier alpha value is -1.57. The molecular weight excluding hydrogens is 176 g/mol. The quantitative estimate of drug-likeness (QED) is 0.538. The molecule has 1 aromatic carbocycles. The minimum atomic E-state index is -0.272. The standard InChI is InChI=1S/C12H14O2/c1-3-12(14-10(2)13)9-11-7-5-4-6-8-11/h3-8,12H,1,9H2,2H3/t12-/m1/s1. The minimum Gasteiger partial charge on any atom is -0.458 e. The van der Waals surface area contributed by atoms with Crippen molar-refractivity contribution in [3.8, 4) is 0 Å². The molecule has 14 heavy (non-hydrogen) atoms. The molecule has 0 radical (unpaired) electrons. The largest absolute Gasteiger partial charge is 0.458 e. The first-order chi connectivity index (χ1) is 6.72. The average molecular weight is 190 g/mol. The number of carbonyl (C=O) groups excluding carboxylic acids is 1. The third-order valence-electron chi connectivity index (χ3n) is 1.86. The fraction of sp³-hybridized carbons (Fsp3) is 0.250. The van der Waals surface area contributed by atoms with E-state index in [2.05, 4.69) is 6.58 Å². The van der Waals surface area contributed by atoms with Gasteiger partial charge < -0.3 is 4.74 Å². The van der Waals surface area contributed by atoms with E-state index < -0.39 is 0 Å². The first kappa shape index (κ1) is 10.5. The zero-order valence-corrected chi connectivity index (χ0v) is 8.27. The molecule has 0 heterocycles. The van der Waals surface area contributed by atoms with E-state index >= 15 is 0 Å². The molecule has 0 fully saturated rings. The summed E-state index contributed by atoms with van der Waals surface area (Å²) in [5.41, 5.74) is 1.14. The molecule has 0 N–H and O–H groups in total. The highest BCUT2D eigenvalue weighted by atomic mass is 16.5. The van der Waals surface area contributed by atoms with Crippen molar-refractivity contribution in [3.63, 3.8) is 0 Å². The van der Waals surface area contributed by atoms with Crippen molar-refractivity contribution in [3.05, 3.63) is 48.6 Å². The van der Waals surface area contributed by atoms with Gasteiger partial charge in [-0.05, 0) is 5.56 Å². The maximum atomic E-state index is 10.7. The van der Waals surface area contributed by atoms with Gasteiger partial charge in [-0.15, -0.1) is 0 Å². The van der Waals surface area contributed by atoms with Gasteiger partial charge in [-0.25, -0.2) is 0 Å². The smallest absolute Gasteiger partial charge is 0.303 e. The van der Waals surface area contributed by atoms with Crippen LogP contribution in [0.5, 0.6) is 0 Å². The molecule has 1 aromatic rings. The molecular formula is C12H14O2. The second-order valence-electron chi connectivity index (χ2n) is 3.07. The van der Waals surface area contributed by atoms with E-state index in [1.807, 2.05) is 30.3 Å². The zero-order chi connectivity index (χ0) is 10.4. The van der Waals surface area contributed by atoms with Crippen molar-refractivity contribution < 1.29 is 9.53 Å². The SMILES string of the molecule is C=C[C@H](Cc1ccccc1)OC(C)=O. The molecule has 74 valence electrons. The number of benzene rings is 1. The van der Waals surface area contributed by atoms with Gasteiger partial charge in [0.1, 0.15) is 6.10 Å². The summed E-state index contributed by atoms with van der Waals surface area (Å²) in [6, 6.07) is 9.88. The number of ether oxygens (including phenoxy) is 1. The summed E-state index contributed by atoms with van der Waals surface area (Å²) in [5, 5.41) is 0. The third-order valence-corrected chi connectivity index (χ3v) is 1.86. The Bertz CT molecular complexity index is 303. The molecule has 0 aromatic heterocycles. The Labute approximate surface area is 84.2 Å². The van der Waals surface area contributed by atoms with Crippen molar-refractivity contribution in [2.24, 2.45) is 0 Å². The summed E-state index contributed by atoms with van der Waals surface area (Å²) < 4.78 is 5.05. The minimum absolute atomic E-state index is 0.227. The maximum Gasteiger partial charge on any atom is 0.303 e. The van der Waals surface area contributed by atoms with E-state index in [-0.39, 0.29) is 12.1 Å². The Morgan fingerprint density at radius 2 is 2.14 bits per heavy atom. The number of esters is 1. The summed E-state index contributed by atoms with van der Waals surface area (Å²) in [4.78, 5) is 10.7. The van der Waals surface area contributed by atoms with Crippen LogP contribution in [-0.2, 0) is 16.0 Å². The van der Waals surface area contributed by atoms with Gasteiger partial charge in [-0.3, -0.25) is 4.79 Å². The van der Waals surface area contributed by atoms with Gasteiger partial charge in [0.05, 0.1) is 0 Å². The van der Waals surface area contributed by atoms with Crippen LogP contribution in [0.4, 0.5) is 0 Å². The van der Waals surface area contributed by atoms with Crippen molar-refractivity contribution >= 4 is 5.97 Å². The van der Waals surface area contributed by atoms with Gasteiger partial charge in [-0.2, -0.15) is 0 Å². The molecule has 1 rings (SSSR count). The summed E-state index contributed by atoms with van der Waals surface area (Å²) in [7, 11) is 0. The number of hydrogen-bond donors (Lipinski definition) is 0. The van der Waals surface area contributed by atoms with Crippen molar-refractivity contribution in [1.82, 2.24) is 0 Å². The molecule has 1 atom stereocenters. The molecule has 0 aliphatic carbocycles. The summed E-state index contributed by atoms with van der Waals surface area (Å²) in [5.74, 6) is -0.272. The van der Waals surface area contributed by atoms with Gasteiger partial charge in [0.2, 0.25) is 0 Å². The maximum absolute atomic E-state index is 10.7. The van der Waals surface area contributed by atoms with Crippen LogP contribution in [0.25, 0.3) is 0 Å². The topological polar surface area (TPSA) is 26.3 Å². The molecule has 0 bridgehead atoms. The van der Waals surface area contributed by atoms with Crippen molar-refractivity contribution in [2.75, 3.05) is 0 Å². The zero-order valence-electron chi connectivity index (χ0n) is 8.27. The molecule has 0 aliphatic heterocycles. The molecule has 2 heteroatoms. The highest BCUT2D eigenvalue weighted by molar-refractivity contribution is 5.66. The molecule has 0 saturated carbocycles. The van der Waals surface area contributed by atoms with Crippen LogP contribution in [0, 0.1) is 0 Å². The van der Waals surface area contributed by atoms with Crippen LogP contribution >= 0.6 is 0 Å². The predicted octanol–water partition coefficient (Wildman–Crippen LogP) is 2.35. The van der Waals surface area contributed by atoms with E-state index in [1.54, 1.807) is 6.08 Å². The molecule has 2 nitrogen and oxygen atoms in total. The second-order valence-corrected chi connectivity index (χ2v) is 3.07. The third kappa shape index (κ3) is 3.44. The van der Waals surface area contributed by atoms with Gasteiger partial charge in [-0.1, -0.05) is 43.0 Å². The van der Waals surface area contributed by atoms with Gasteiger partial charge in [0.25, 0.3) is 0 Å². The summed E-state index contributed by atoms with van der Waals surface area (Å²) in [6.45, 7) is 5.04. The fourth-order valence-electron chi connectivity index (χ4n) is 1.23. The van der Waals surface area contributed by atoms with Crippen LogP contribution < -0.4 is 0 Å². The molecule has 0 spiro atoms. The molecule has 0 unspecified atom stereocenters. The van der Waals surface area contributed by atoms with Crippen molar-refractivity contribution in [1.29, 1.82) is 0 Å². The highest BCUT2D eigenvalue weighted by Crippen LogP contribution is 2.06. The van der Waals surface area contributed by atoms with Gasteiger partial charge in [0.15, 0.2) is 0 Å². The molecule has 0 aliphatic rings. The van der Waals surface area contributed by atoms with E-state index in [9.17, 15) is 4.79 Å². The lowest BCUT2D eigenvalue weighted by Crippen LogP contribution is -2.16. The number of rotatable bonds is 4. The Morgan fingerprint density at radius 1 is 1.50 bits per heavy atom. The van der Waals surface area contributed by atoms with Gasteiger partial charge in [0, 0.05) is 13.3 Å². The number of carbonyl (C=O) groups is 1. The van der Waals surface area contributed by atoms with E-state index in [4.69, 9.17) is 4.74 Å². The predicted molar refractivity (Wildman–Crippen MR) is 55.9 cm³/mol. The van der Waals surface area contributed by atoms with Gasteiger partial charge >= 0.3 is 5.97 Å². The first-order valence-corrected chi connectivity index (χ1v) is 4.56. The summed E-state index contributed by atoms with van der Waals surface area (Å²) >= 11 is 0. The average Bonchev–Trinajstić information content (AvgIpc) is 2.17. The lowest BCUT2D eigenvalue weighted by Gasteiger charge is -2.12. The Morgan fingerprint density at radius 3 is 2.64 bits per heavy atom. The van der Waals surface area contributed by atoms with Crippen molar-refractivity contribution in [2.45, 2.75) is 19.4 Å². The Balaban J connectivity index is 2.57. The van der Waals surface area contributed by atoms with Crippen LogP contribution in [0.1, 0.15) is 12.5 Å². The fourth-order valence-corrected chi connectivity index (χ4v) is 1.23. The van der Waals surface area contributed by atoms with E-state index in [1.165, 1.54) is 6.92 Å². The summed E-state index contributed by atoms with van der Waals surface area (Å²) in [6.07, 6.45) is 2.10. The van der Waals surface area contributed by atoms with Crippen LogP contribution in [-0.4, -0.2) is 12.1 Å². The lowest BCUT2D eigenvalue weighted by atomic mass is 10.1. The lowest BCUT2D eigenvalue weighted by molar-refractivity contribution is -0.144. The monoisotopic (exact) mass is 190 g/mol. The van der Waals surface area contributed by atoms with E-state index in [0.29, 0.717) is 6.42 Å².